The lowest BCUT2D eigenvalue weighted by molar-refractivity contribution is -0.0769. The predicted molar refractivity (Wildman–Crippen MR) is 51.4 cm³/mol. The minimum atomic E-state index is -0.126. The molecule has 1 aliphatic heterocycles. The van der Waals surface area contributed by atoms with Crippen LogP contribution in [0.25, 0.3) is 0 Å². The van der Waals surface area contributed by atoms with E-state index in [2.05, 4.69) is 0 Å². The normalized spacial score (nSPS) is 21.2. The SMILES string of the molecule is NC1CON(C(=O)c2ccccc2)C1. The van der Waals surface area contributed by atoms with E-state index < -0.39 is 0 Å². The van der Waals surface area contributed by atoms with Gasteiger partial charge in [0.15, 0.2) is 0 Å². The van der Waals surface area contributed by atoms with Crippen LogP contribution in [0.3, 0.4) is 0 Å². The Morgan fingerprint density at radius 2 is 2.14 bits per heavy atom. The summed E-state index contributed by atoms with van der Waals surface area (Å²) in [7, 11) is 0. The maximum absolute atomic E-state index is 11.7. The molecular formula is C10H12N2O2. The molecule has 2 rings (SSSR count). The van der Waals surface area contributed by atoms with E-state index in [0.717, 1.165) is 0 Å². The number of amides is 1. The molecule has 1 unspecified atom stereocenters. The van der Waals surface area contributed by atoms with Crippen LogP contribution in [0.2, 0.25) is 0 Å². The van der Waals surface area contributed by atoms with Crippen LogP contribution in [0.4, 0.5) is 0 Å². The van der Waals surface area contributed by atoms with Crippen molar-refractivity contribution < 1.29 is 9.63 Å². The minimum absolute atomic E-state index is 0.0670. The number of nitrogens with zero attached hydrogens (tertiary/aromatic N) is 1. The molecule has 4 heteroatoms. The highest BCUT2D eigenvalue weighted by Gasteiger charge is 2.25. The quantitative estimate of drug-likeness (QED) is 0.700. The van der Waals surface area contributed by atoms with E-state index in [-0.39, 0.29) is 11.9 Å². The molecule has 1 heterocycles. The highest BCUT2D eigenvalue weighted by Crippen LogP contribution is 2.10. The molecule has 1 atom stereocenters. The molecule has 1 fully saturated rings. The molecule has 0 bridgehead atoms. The van der Waals surface area contributed by atoms with Crippen LogP contribution in [-0.2, 0) is 4.84 Å². The number of hydrogen-bond donors (Lipinski definition) is 1. The lowest BCUT2D eigenvalue weighted by atomic mass is 10.2. The number of carbonyl (C=O) groups excluding carboxylic acids is 1. The third-order valence-corrected chi connectivity index (χ3v) is 2.09. The maximum atomic E-state index is 11.7. The van der Waals surface area contributed by atoms with E-state index in [9.17, 15) is 4.79 Å². The maximum Gasteiger partial charge on any atom is 0.277 e. The van der Waals surface area contributed by atoms with Crippen molar-refractivity contribution in [3.05, 3.63) is 35.9 Å². The van der Waals surface area contributed by atoms with Crippen molar-refractivity contribution >= 4 is 5.91 Å². The van der Waals surface area contributed by atoms with Gasteiger partial charge in [-0.2, -0.15) is 0 Å². The van der Waals surface area contributed by atoms with Gasteiger partial charge in [0.1, 0.15) is 0 Å². The molecule has 1 aromatic rings. The standard InChI is InChI=1S/C10H12N2O2/c11-9-6-12(14-7-9)10(13)8-4-2-1-3-5-8/h1-5,9H,6-7,11H2. The van der Waals surface area contributed by atoms with Crippen molar-refractivity contribution in [2.45, 2.75) is 6.04 Å². The summed E-state index contributed by atoms with van der Waals surface area (Å²) in [5.74, 6) is -0.126. The molecule has 14 heavy (non-hydrogen) atoms. The summed E-state index contributed by atoms with van der Waals surface area (Å²) in [5.41, 5.74) is 6.25. The average Bonchev–Trinajstić information content (AvgIpc) is 2.65. The second-order valence-electron chi connectivity index (χ2n) is 3.29. The van der Waals surface area contributed by atoms with Gasteiger partial charge in [-0.15, -0.1) is 0 Å². The fourth-order valence-corrected chi connectivity index (χ4v) is 1.37. The predicted octanol–water partition coefficient (Wildman–Crippen LogP) is 0.401. The van der Waals surface area contributed by atoms with Gasteiger partial charge in [0.25, 0.3) is 5.91 Å². The first kappa shape index (κ1) is 9.18. The topological polar surface area (TPSA) is 55.6 Å². The fraction of sp³-hybridized carbons (Fsp3) is 0.300. The Balaban J connectivity index is 2.10. The molecule has 4 nitrogen and oxygen atoms in total. The molecule has 0 aromatic heterocycles. The Morgan fingerprint density at radius 1 is 1.43 bits per heavy atom. The molecular weight excluding hydrogens is 180 g/mol. The zero-order chi connectivity index (χ0) is 9.97. The first-order valence-electron chi connectivity index (χ1n) is 4.53. The third kappa shape index (κ3) is 1.76. The summed E-state index contributed by atoms with van der Waals surface area (Å²) in [6, 6.07) is 8.97. The van der Waals surface area contributed by atoms with E-state index in [1.54, 1.807) is 12.1 Å². The molecule has 2 N–H and O–H groups in total. The molecule has 0 radical (unpaired) electrons. The van der Waals surface area contributed by atoms with Crippen LogP contribution in [0.15, 0.2) is 30.3 Å². The van der Waals surface area contributed by atoms with Crippen molar-refractivity contribution in [2.24, 2.45) is 5.73 Å². The molecule has 1 aliphatic rings. The van der Waals surface area contributed by atoms with Crippen molar-refractivity contribution in [3.8, 4) is 0 Å². The first-order chi connectivity index (χ1) is 6.77. The number of hydroxylamine groups is 2. The molecule has 1 amide bonds. The zero-order valence-corrected chi connectivity index (χ0v) is 7.72. The highest BCUT2D eigenvalue weighted by molar-refractivity contribution is 5.93. The summed E-state index contributed by atoms with van der Waals surface area (Å²) in [6.45, 7) is 0.881. The van der Waals surface area contributed by atoms with Gasteiger partial charge >= 0.3 is 0 Å². The second-order valence-corrected chi connectivity index (χ2v) is 3.29. The van der Waals surface area contributed by atoms with Crippen LogP contribution in [0.1, 0.15) is 10.4 Å². The van der Waals surface area contributed by atoms with Crippen LogP contribution >= 0.6 is 0 Å². The van der Waals surface area contributed by atoms with Crippen LogP contribution in [0.5, 0.6) is 0 Å². The van der Waals surface area contributed by atoms with E-state index in [4.69, 9.17) is 10.6 Å². The average molecular weight is 192 g/mol. The highest BCUT2D eigenvalue weighted by atomic mass is 16.7. The van der Waals surface area contributed by atoms with Gasteiger partial charge < -0.3 is 5.73 Å². The molecule has 1 aromatic carbocycles. The summed E-state index contributed by atoms with van der Waals surface area (Å²) >= 11 is 0. The molecule has 0 spiro atoms. The van der Waals surface area contributed by atoms with E-state index in [0.29, 0.717) is 18.7 Å². The summed E-state index contributed by atoms with van der Waals surface area (Å²) < 4.78 is 0. The van der Waals surface area contributed by atoms with Gasteiger partial charge in [0.05, 0.1) is 19.2 Å². The van der Waals surface area contributed by atoms with E-state index in [1.165, 1.54) is 5.06 Å². The van der Waals surface area contributed by atoms with Gasteiger partial charge in [-0.05, 0) is 12.1 Å². The monoisotopic (exact) mass is 192 g/mol. The number of nitrogens with two attached hydrogens (primary N) is 1. The molecule has 0 saturated carbocycles. The van der Waals surface area contributed by atoms with Crippen molar-refractivity contribution in [3.63, 3.8) is 0 Å². The largest absolute Gasteiger partial charge is 0.324 e. The zero-order valence-electron chi connectivity index (χ0n) is 7.72. The third-order valence-electron chi connectivity index (χ3n) is 2.09. The van der Waals surface area contributed by atoms with E-state index in [1.807, 2.05) is 18.2 Å². The van der Waals surface area contributed by atoms with Gasteiger partial charge in [-0.1, -0.05) is 18.2 Å². The second kappa shape index (κ2) is 3.77. The molecule has 74 valence electrons. The smallest absolute Gasteiger partial charge is 0.277 e. The lowest BCUT2D eigenvalue weighted by Gasteiger charge is -2.13. The number of hydrogen-bond acceptors (Lipinski definition) is 3. The van der Waals surface area contributed by atoms with Gasteiger partial charge in [-0.25, -0.2) is 5.06 Å². The lowest BCUT2D eigenvalue weighted by Crippen LogP contribution is -2.31. The van der Waals surface area contributed by atoms with Crippen LogP contribution < -0.4 is 5.73 Å². The van der Waals surface area contributed by atoms with Crippen LogP contribution in [0, 0.1) is 0 Å². The Labute approximate surface area is 82.2 Å². The Bertz CT molecular complexity index is 326. The Kier molecular flexibility index (Phi) is 2.47. The minimum Gasteiger partial charge on any atom is -0.324 e. The molecule has 0 aliphatic carbocycles. The van der Waals surface area contributed by atoms with Crippen molar-refractivity contribution in [1.82, 2.24) is 5.06 Å². The van der Waals surface area contributed by atoms with Crippen LogP contribution in [-0.4, -0.2) is 30.2 Å². The Morgan fingerprint density at radius 3 is 2.71 bits per heavy atom. The molecule has 1 saturated heterocycles. The van der Waals surface area contributed by atoms with Gasteiger partial charge in [0, 0.05) is 5.56 Å². The summed E-state index contributed by atoms with van der Waals surface area (Å²) in [5, 5.41) is 1.32. The van der Waals surface area contributed by atoms with Gasteiger partial charge in [-0.3, -0.25) is 9.63 Å². The van der Waals surface area contributed by atoms with Gasteiger partial charge in [0.2, 0.25) is 0 Å². The van der Waals surface area contributed by atoms with Crippen molar-refractivity contribution in [1.29, 1.82) is 0 Å². The summed E-state index contributed by atoms with van der Waals surface area (Å²) in [6.07, 6.45) is 0. The fourth-order valence-electron chi connectivity index (χ4n) is 1.37. The summed E-state index contributed by atoms with van der Waals surface area (Å²) in [4.78, 5) is 16.9. The number of benzene rings is 1. The number of rotatable bonds is 1. The Hall–Kier alpha value is -1.39. The first-order valence-corrected chi connectivity index (χ1v) is 4.53. The van der Waals surface area contributed by atoms with E-state index >= 15 is 0 Å². The number of carbonyl (C=O) groups is 1. The van der Waals surface area contributed by atoms with Crippen molar-refractivity contribution in [2.75, 3.05) is 13.2 Å².